The average Bonchev–Trinajstić information content (AvgIpc) is 2.88. The number of benzene rings is 1. The van der Waals surface area contributed by atoms with E-state index in [-0.39, 0.29) is 31.7 Å². The second-order valence-corrected chi connectivity index (χ2v) is 8.55. The summed E-state index contributed by atoms with van der Waals surface area (Å²) in [5.41, 5.74) is -3.89. The first kappa shape index (κ1) is 22.8. The van der Waals surface area contributed by atoms with Gasteiger partial charge in [0.15, 0.2) is 5.78 Å². The van der Waals surface area contributed by atoms with Crippen molar-refractivity contribution in [2.24, 2.45) is 5.41 Å². The number of ether oxygens (including phenoxy) is 1. The van der Waals surface area contributed by atoms with Crippen LogP contribution in [-0.4, -0.2) is 47.6 Å². The van der Waals surface area contributed by atoms with Crippen molar-refractivity contribution in [1.82, 2.24) is 10.2 Å². The van der Waals surface area contributed by atoms with E-state index in [1.165, 1.54) is 6.92 Å². The number of carbonyl (C=O) groups is 3. The molecule has 1 heterocycles. The van der Waals surface area contributed by atoms with Crippen molar-refractivity contribution in [2.45, 2.75) is 51.7 Å². The summed E-state index contributed by atoms with van der Waals surface area (Å²) in [6.07, 6.45) is -6.38. The molecule has 0 saturated heterocycles. The quantitative estimate of drug-likeness (QED) is 0.760. The second-order valence-electron chi connectivity index (χ2n) is 8.55. The fourth-order valence-electron chi connectivity index (χ4n) is 4.27. The Kier molecular flexibility index (Phi) is 5.90. The molecule has 1 aromatic rings. The minimum Gasteiger partial charge on any atom is -0.450 e. The smallest absolute Gasteiger partial charge is 0.425 e. The fraction of sp³-hybridized carbons (Fsp3) is 0.500. The molecule has 1 aliphatic heterocycles. The van der Waals surface area contributed by atoms with E-state index in [1.54, 1.807) is 43.4 Å². The molecule has 3 rings (SSSR count). The van der Waals surface area contributed by atoms with E-state index >= 15 is 0 Å². The molecule has 0 spiro atoms. The molecule has 1 atom stereocenters. The van der Waals surface area contributed by atoms with Gasteiger partial charge in [0.05, 0.1) is 12.2 Å². The summed E-state index contributed by atoms with van der Waals surface area (Å²) in [5.74, 6) is -2.17. The first-order valence-electron chi connectivity index (χ1n) is 10.1. The van der Waals surface area contributed by atoms with Gasteiger partial charge < -0.3 is 9.64 Å². The van der Waals surface area contributed by atoms with Gasteiger partial charge in [-0.15, -0.1) is 0 Å². The van der Waals surface area contributed by atoms with Gasteiger partial charge in [-0.05, 0) is 30.7 Å². The van der Waals surface area contributed by atoms with Crippen molar-refractivity contribution < 1.29 is 32.3 Å². The number of hydrogen-bond donors (Lipinski definition) is 1. The molecule has 0 bridgehead atoms. The molecule has 0 saturated carbocycles. The summed E-state index contributed by atoms with van der Waals surface area (Å²) in [4.78, 5) is 39.3. The van der Waals surface area contributed by atoms with Gasteiger partial charge in [-0.3, -0.25) is 14.9 Å². The van der Waals surface area contributed by atoms with Crippen LogP contribution in [-0.2, 0) is 20.7 Å². The zero-order chi connectivity index (χ0) is 23.0. The number of hydrogen-bond acceptors (Lipinski definition) is 4. The first-order chi connectivity index (χ1) is 14.4. The minimum atomic E-state index is -5.23. The third-order valence-electron chi connectivity index (χ3n) is 5.58. The molecule has 0 radical (unpaired) electrons. The van der Waals surface area contributed by atoms with Gasteiger partial charge in [-0.25, -0.2) is 4.79 Å². The number of carbonyl (C=O) groups excluding carboxylic acids is 3. The molecule has 9 heteroatoms. The highest BCUT2D eigenvalue weighted by Crippen LogP contribution is 2.51. The third-order valence-corrected chi connectivity index (χ3v) is 5.58. The number of rotatable bonds is 5. The van der Waals surface area contributed by atoms with E-state index in [2.05, 4.69) is 4.74 Å². The number of alkyl carbamates (subject to hydrolysis) is 1. The number of alkyl halides is 3. The summed E-state index contributed by atoms with van der Waals surface area (Å²) < 4.78 is 47.9. The lowest BCUT2D eigenvalue weighted by atomic mass is 9.72. The van der Waals surface area contributed by atoms with Gasteiger partial charge in [-0.1, -0.05) is 44.2 Å². The van der Waals surface area contributed by atoms with Gasteiger partial charge >= 0.3 is 12.3 Å². The largest absolute Gasteiger partial charge is 0.450 e. The van der Waals surface area contributed by atoms with Crippen LogP contribution in [0.1, 0.15) is 39.2 Å². The lowest BCUT2D eigenvalue weighted by molar-refractivity contribution is -0.191. The minimum absolute atomic E-state index is 0.0244. The second kappa shape index (κ2) is 8.01. The Morgan fingerprint density at radius 2 is 1.81 bits per heavy atom. The Morgan fingerprint density at radius 3 is 2.39 bits per heavy atom. The van der Waals surface area contributed by atoms with Crippen LogP contribution in [0.5, 0.6) is 0 Å². The number of halogens is 3. The van der Waals surface area contributed by atoms with Crippen molar-refractivity contribution in [3.63, 3.8) is 0 Å². The van der Waals surface area contributed by atoms with Gasteiger partial charge in [-0.2, -0.15) is 13.2 Å². The molecular formula is C22H25F3N2O4. The third kappa shape index (κ3) is 4.05. The molecule has 2 amide bonds. The predicted molar refractivity (Wildman–Crippen MR) is 106 cm³/mol. The van der Waals surface area contributed by atoms with Crippen molar-refractivity contribution in [3.05, 3.63) is 47.2 Å². The highest BCUT2D eigenvalue weighted by Gasteiger charge is 2.71. The molecule has 1 N–H and O–H groups in total. The van der Waals surface area contributed by atoms with E-state index in [4.69, 9.17) is 0 Å². The molecule has 31 heavy (non-hydrogen) atoms. The van der Waals surface area contributed by atoms with Gasteiger partial charge in [0.1, 0.15) is 0 Å². The van der Waals surface area contributed by atoms with Crippen LogP contribution in [0.2, 0.25) is 0 Å². The van der Waals surface area contributed by atoms with Crippen LogP contribution in [0.4, 0.5) is 18.0 Å². The lowest BCUT2D eigenvalue weighted by Gasteiger charge is -2.35. The normalized spacial score (nSPS) is 23.1. The summed E-state index contributed by atoms with van der Waals surface area (Å²) in [6, 6.07) is 9.01. The van der Waals surface area contributed by atoms with Gasteiger partial charge in [0, 0.05) is 18.7 Å². The monoisotopic (exact) mass is 438 g/mol. The molecular weight excluding hydrogens is 413 g/mol. The molecule has 0 aromatic heterocycles. The standard InChI is InChI=1S/C22H25F3N2O4/c1-4-31-19(30)26-21(22(23,24)25)17-15(12-20(2,3)13-16(17)28)27(18(21)29)11-10-14-8-6-5-7-9-14/h5-9H,4,10-13H2,1-3H3,(H,26,30)/t21-/m1/s1. The molecule has 1 aliphatic carbocycles. The van der Waals surface area contributed by atoms with Crippen molar-refractivity contribution in [3.8, 4) is 0 Å². The van der Waals surface area contributed by atoms with Crippen molar-refractivity contribution in [2.75, 3.05) is 13.2 Å². The van der Waals surface area contributed by atoms with Crippen LogP contribution in [0.3, 0.4) is 0 Å². The van der Waals surface area contributed by atoms with Crippen LogP contribution in [0, 0.1) is 5.41 Å². The Balaban J connectivity index is 2.10. The number of allylic oxidation sites excluding steroid dienone is 1. The van der Waals surface area contributed by atoms with E-state index in [0.29, 0.717) is 6.42 Å². The number of nitrogens with zero attached hydrogens (tertiary/aromatic N) is 1. The van der Waals surface area contributed by atoms with Crippen LogP contribution >= 0.6 is 0 Å². The summed E-state index contributed by atoms with van der Waals surface area (Å²) in [7, 11) is 0. The average molecular weight is 438 g/mol. The maximum Gasteiger partial charge on any atom is 0.425 e. The predicted octanol–water partition coefficient (Wildman–Crippen LogP) is 3.76. The highest BCUT2D eigenvalue weighted by atomic mass is 19.4. The Hall–Kier alpha value is -2.84. The van der Waals surface area contributed by atoms with E-state index in [1.807, 2.05) is 6.07 Å². The zero-order valence-electron chi connectivity index (χ0n) is 17.6. The van der Waals surface area contributed by atoms with Gasteiger partial charge in [0.2, 0.25) is 5.54 Å². The Morgan fingerprint density at radius 1 is 1.16 bits per heavy atom. The molecule has 0 fully saturated rings. The van der Waals surface area contributed by atoms with E-state index in [9.17, 15) is 27.6 Å². The number of ketones is 1. The van der Waals surface area contributed by atoms with Crippen molar-refractivity contribution in [1.29, 1.82) is 0 Å². The molecule has 6 nitrogen and oxygen atoms in total. The Bertz CT molecular complexity index is 924. The maximum atomic E-state index is 14.4. The first-order valence-corrected chi connectivity index (χ1v) is 10.1. The number of Topliss-reactive ketones (excluding diaryl/α,β-unsaturated/α-hetero) is 1. The highest BCUT2D eigenvalue weighted by molar-refractivity contribution is 6.13. The van der Waals surface area contributed by atoms with Gasteiger partial charge in [0.25, 0.3) is 5.91 Å². The van der Waals surface area contributed by atoms with Crippen LogP contribution in [0.15, 0.2) is 41.6 Å². The SMILES string of the molecule is CCOC(=O)N[C@@]1(C(F)(F)F)C(=O)N(CCc2ccccc2)C2=C1C(=O)CC(C)(C)C2. The van der Waals surface area contributed by atoms with Crippen LogP contribution in [0.25, 0.3) is 0 Å². The molecule has 2 aliphatic rings. The lowest BCUT2D eigenvalue weighted by Crippen LogP contribution is -2.66. The van der Waals surface area contributed by atoms with E-state index in [0.717, 1.165) is 10.5 Å². The van der Waals surface area contributed by atoms with Crippen molar-refractivity contribution >= 4 is 17.8 Å². The van der Waals surface area contributed by atoms with E-state index < -0.39 is 40.5 Å². The maximum absolute atomic E-state index is 14.4. The molecule has 168 valence electrons. The number of nitrogens with one attached hydrogen (secondary N) is 1. The summed E-state index contributed by atoms with van der Waals surface area (Å²) in [6.45, 7) is 4.73. The Labute approximate surface area is 178 Å². The number of amides is 2. The molecule has 0 unspecified atom stereocenters. The topological polar surface area (TPSA) is 75.7 Å². The summed E-state index contributed by atoms with van der Waals surface area (Å²) >= 11 is 0. The summed E-state index contributed by atoms with van der Waals surface area (Å²) in [5, 5.41) is 1.71. The van der Waals surface area contributed by atoms with Crippen LogP contribution < -0.4 is 5.32 Å². The molecule has 1 aromatic carbocycles. The fourth-order valence-corrected chi connectivity index (χ4v) is 4.27. The zero-order valence-corrected chi connectivity index (χ0v) is 17.6.